The van der Waals surface area contributed by atoms with Gasteiger partial charge in [-0.2, -0.15) is 5.10 Å². The van der Waals surface area contributed by atoms with Crippen molar-refractivity contribution in [2.24, 2.45) is 7.05 Å². The molecule has 5 heteroatoms. The summed E-state index contributed by atoms with van der Waals surface area (Å²) in [5, 5.41) is 4.11. The van der Waals surface area contributed by atoms with E-state index in [4.69, 9.17) is 4.74 Å². The molecule has 2 aliphatic rings. The predicted octanol–water partition coefficient (Wildman–Crippen LogP) is 3.29. The van der Waals surface area contributed by atoms with Crippen molar-refractivity contribution in [2.75, 3.05) is 13.1 Å². The quantitative estimate of drug-likeness (QED) is 0.782. The number of benzene rings is 1. The number of hydrogen-bond donors (Lipinski definition) is 0. The average molecular weight is 349 g/mol. The largest absolute Gasteiger partial charge is 0.483 e. The van der Waals surface area contributed by atoms with Gasteiger partial charge in [-0.05, 0) is 31.1 Å². The monoisotopic (exact) mass is 349 g/mol. The average Bonchev–Trinajstić information content (AvgIpc) is 2.96. The summed E-state index contributed by atoms with van der Waals surface area (Å²) < 4.78 is 8.07. The first kappa shape index (κ1) is 16.6. The van der Waals surface area contributed by atoms with Crippen molar-refractivity contribution in [1.82, 2.24) is 14.7 Å². The maximum atomic E-state index is 12.6. The molecule has 3 heterocycles. The van der Waals surface area contributed by atoms with Crippen LogP contribution in [0.15, 0.2) is 48.8 Å². The van der Waals surface area contributed by atoms with Crippen LogP contribution in [0.25, 0.3) is 12.2 Å². The molecule has 0 saturated carbocycles. The molecule has 2 aromatic rings. The van der Waals surface area contributed by atoms with E-state index >= 15 is 0 Å². The number of nitrogens with zero attached hydrogens (tertiary/aromatic N) is 3. The SMILES string of the molecule is Cn1cc(/C=C/C(=O)N2CCC[C@]3(C=Cc4ccccc4O3)CC2)cn1. The van der Waals surface area contributed by atoms with Crippen molar-refractivity contribution in [3.8, 4) is 5.75 Å². The highest BCUT2D eigenvalue weighted by molar-refractivity contribution is 5.91. The van der Waals surface area contributed by atoms with Gasteiger partial charge in [0.2, 0.25) is 5.91 Å². The van der Waals surface area contributed by atoms with E-state index in [0.29, 0.717) is 6.54 Å². The molecule has 26 heavy (non-hydrogen) atoms. The van der Waals surface area contributed by atoms with E-state index < -0.39 is 0 Å². The predicted molar refractivity (Wildman–Crippen MR) is 102 cm³/mol. The Morgan fingerprint density at radius 1 is 1.27 bits per heavy atom. The summed E-state index contributed by atoms with van der Waals surface area (Å²) in [6.45, 7) is 1.46. The van der Waals surface area contributed by atoms with Crippen molar-refractivity contribution < 1.29 is 9.53 Å². The number of fused-ring (bicyclic) bond motifs is 1. The summed E-state index contributed by atoms with van der Waals surface area (Å²) >= 11 is 0. The molecule has 1 atom stereocenters. The Kier molecular flexibility index (Phi) is 4.37. The van der Waals surface area contributed by atoms with Crippen molar-refractivity contribution >= 4 is 18.1 Å². The van der Waals surface area contributed by atoms with Gasteiger partial charge in [-0.1, -0.05) is 24.3 Å². The molecule has 4 rings (SSSR count). The fourth-order valence-electron chi connectivity index (χ4n) is 3.62. The molecule has 0 unspecified atom stereocenters. The lowest BCUT2D eigenvalue weighted by molar-refractivity contribution is -0.126. The number of amides is 1. The van der Waals surface area contributed by atoms with Gasteiger partial charge < -0.3 is 9.64 Å². The van der Waals surface area contributed by atoms with Crippen LogP contribution >= 0.6 is 0 Å². The molecule has 1 spiro atoms. The van der Waals surface area contributed by atoms with Crippen LogP contribution in [-0.2, 0) is 11.8 Å². The van der Waals surface area contributed by atoms with Crippen LogP contribution in [0.3, 0.4) is 0 Å². The Bertz CT molecular complexity index is 868. The van der Waals surface area contributed by atoms with E-state index in [9.17, 15) is 4.79 Å². The van der Waals surface area contributed by atoms with Gasteiger partial charge in [0.25, 0.3) is 0 Å². The first-order valence-corrected chi connectivity index (χ1v) is 9.07. The second kappa shape index (κ2) is 6.83. The molecule has 1 aromatic heterocycles. The highest BCUT2D eigenvalue weighted by Crippen LogP contribution is 2.36. The zero-order valence-electron chi connectivity index (χ0n) is 15.0. The summed E-state index contributed by atoms with van der Waals surface area (Å²) in [6.07, 6.45) is 14.1. The van der Waals surface area contributed by atoms with Crippen molar-refractivity contribution in [2.45, 2.75) is 24.9 Å². The molecule has 0 bridgehead atoms. The summed E-state index contributed by atoms with van der Waals surface area (Å²) in [5.74, 6) is 0.984. The maximum absolute atomic E-state index is 12.6. The Balaban J connectivity index is 1.42. The Morgan fingerprint density at radius 2 is 2.15 bits per heavy atom. The van der Waals surface area contributed by atoms with Crippen LogP contribution < -0.4 is 4.74 Å². The molecule has 134 valence electrons. The van der Waals surface area contributed by atoms with Crippen molar-refractivity contribution in [3.05, 3.63) is 59.9 Å². The van der Waals surface area contributed by atoms with Gasteiger partial charge in [-0.3, -0.25) is 9.48 Å². The van der Waals surface area contributed by atoms with E-state index in [1.54, 1.807) is 17.0 Å². The van der Waals surface area contributed by atoms with Gasteiger partial charge >= 0.3 is 0 Å². The van der Waals surface area contributed by atoms with Gasteiger partial charge in [0.1, 0.15) is 11.4 Å². The van der Waals surface area contributed by atoms with Gasteiger partial charge in [-0.15, -0.1) is 0 Å². The summed E-state index contributed by atoms with van der Waals surface area (Å²) in [4.78, 5) is 14.5. The van der Waals surface area contributed by atoms with E-state index in [2.05, 4.69) is 23.3 Å². The number of carbonyl (C=O) groups excluding carboxylic acids is 1. The van der Waals surface area contributed by atoms with Crippen LogP contribution in [0.2, 0.25) is 0 Å². The van der Waals surface area contributed by atoms with Crippen LogP contribution in [0, 0.1) is 0 Å². The molecule has 0 radical (unpaired) electrons. The Labute approximate surface area is 153 Å². The number of aromatic nitrogens is 2. The zero-order chi connectivity index (χ0) is 18.0. The lowest BCUT2D eigenvalue weighted by atomic mass is 9.91. The van der Waals surface area contributed by atoms with Gasteiger partial charge in [-0.25, -0.2) is 0 Å². The fraction of sp³-hybridized carbons (Fsp3) is 0.333. The molecular weight excluding hydrogens is 326 g/mol. The maximum Gasteiger partial charge on any atom is 0.246 e. The number of likely N-dealkylation sites (tertiary alicyclic amines) is 1. The minimum absolute atomic E-state index is 0.0473. The third kappa shape index (κ3) is 3.43. The third-order valence-corrected chi connectivity index (χ3v) is 5.09. The highest BCUT2D eigenvalue weighted by Gasteiger charge is 2.35. The molecule has 1 amide bonds. The van der Waals surface area contributed by atoms with E-state index in [1.165, 1.54) is 0 Å². The van der Waals surface area contributed by atoms with Gasteiger partial charge in [0.05, 0.1) is 6.20 Å². The number of hydrogen-bond acceptors (Lipinski definition) is 3. The zero-order valence-corrected chi connectivity index (χ0v) is 15.0. The molecule has 1 aromatic carbocycles. The number of carbonyl (C=O) groups is 1. The fourth-order valence-corrected chi connectivity index (χ4v) is 3.62. The molecular formula is C21H23N3O2. The van der Waals surface area contributed by atoms with Crippen LogP contribution in [0.4, 0.5) is 0 Å². The Hall–Kier alpha value is -2.82. The minimum atomic E-state index is -0.295. The van der Waals surface area contributed by atoms with E-state index in [0.717, 1.165) is 42.7 Å². The van der Waals surface area contributed by atoms with E-state index in [1.807, 2.05) is 42.4 Å². The summed E-state index contributed by atoms with van der Waals surface area (Å²) in [6, 6.07) is 8.10. The molecule has 1 saturated heterocycles. The second-order valence-corrected chi connectivity index (χ2v) is 7.00. The number of aryl methyl sites for hydroxylation is 1. The summed E-state index contributed by atoms with van der Waals surface area (Å²) in [5.41, 5.74) is 1.76. The van der Waals surface area contributed by atoms with Crippen LogP contribution in [0.1, 0.15) is 30.4 Å². The number of rotatable bonds is 2. The molecule has 1 fully saturated rings. The van der Waals surface area contributed by atoms with Crippen molar-refractivity contribution in [1.29, 1.82) is 0 Å². The number of para-hydroxylation sites is 1. The van der Waals surface area contributed by atoms with Crippen LogP contribution in [0.5, 0.6) is 5.75 Å². The van der Waals surface area contributed by atoms with Crippen molar-refractivity contribution in [3.63, 3.8) is 0 Å². The van der Waals surface area contributed by atoms with Gasteiger partial charge in [0.15, 0.2) is 0 Å². The highest BCUT2D eigenvalue weighted by atomic mass is 16.5. The molecule has 0 N–H and O–H groups in total. The minimum Gasteiger partial charge on any atom is -0.483 e. The first-order valence-electron chi connectivity index (χ1n) is 9.07. The molecule has 5 nitrogen and oxygen atoms in total. The third-order valence-electron chi connectivity index (χ3n) is 5.09. The smallest absolute Gasteiger partial charge is 0.246 e. The summed E-state index contributed by atoms with van der Waals surface area (Å²) in [7, 11) is 1.86. The Morgan fingerprint density at radius 3 is 3.00 bits per heavy atom. The van der Waals surface area contributed by atoms with E-state index in [-0.39, 0.29) is 11.5 Å². The molecule has 2 aliphatic heterocycles. The lowest BCUT2D eigenvalue weighted by Crippen LogP contribution is -2.37. The lowest BCUT2D eigenvalue weighted by Gasteiger charge is -2.34. The van der Waals surface area contributed by atoms with Crippen LogP contribution in [-0.4, -0.2) is 39.3 Å². The first-order chi connectivity index (χ1) is 12.6. The topological polar surface area (TPSA) is 47.4 Å². The normalized spacial score (nSPS) is 22.3. The number of ether oxygens (including phenoxy) is 1. The van der Waals surface area contributed by atoms with Gasteiger partial charge in [0, 0.05) is 50.0 Å². The standard InChI is InChI=1S/C21H23N3O2/c1-23-16-17(15-22-23)7-8-20(25)24-13-4-10-21(12-14-24)11-9-18-5-2-3-6-19(18)26-21/h2-3,5-9,11,15-16H,4,10,12-14H2,1H3/b8-7+/t21-/m0/s1. The second-order valence-electron chi connectivity index (χ2n) is 7.00. The molecule has 0 aliphatic carbocycles.